The Morgan fingerprint density at radius 3 is 3.00 bits per heavy atom. The molecule has 0 aromatic carbocycles. The van der Waals surface area contributed by atoms with E-state index in [1.165, 1.54) is 25.0 Å². The van der Waals surface area contributed by atoms with Gasteiger partial charge in [0.25, 0.3) is 0 Å². The number of ether oxygens (including phenoxy) is 1. The largest absolute Gasteiger partial charge is 0.380 e. The van der Waals surface area contributed by atoms with E-state index in [1.54, 1.807) is 0 Å². The molecular weight excluding hydrogens is 144 g/mol. The molecule has 2 heterocycles. The van der Waals surface area contributed by atoms with E-state index >= 15 is 0 Å². The van der Waals surface area contributed by atoms with Crippen LogP contribution in [0, 0.1) is 6.42 Å². The molecule has 0 bridgehead atoms. The second-order valence-corrected chi connectivity index (χ2v) is 4.61. The van der Waals surface area contributed by atoms with Gasteiger partial charge in [0.05, 0.1) is 6.61 Å². The Morgan fingerprint density at radius 2 is 2.40 bits per heavy atom. The molecule has 0 N–H and O–H groups in total. The molecule has 1 unspecified atom stereocenters. The molecule has 2 saturated heterocycles. The fourth-order valence-corrected chi connectivity index (χ4v) is 2.95. The van der Waals surface area contributed by atoms with E-state index in [0.717, 1.165) is 13.2 Å². The summed E-state index contributed by atoms with van der Waals surface area (Å²) in [5, 5.41) is 0. The zero-order valence-electron chi connectivity index (χ0n) is 6.14. The Labute approximate surface area is 66.5 Å². The fourth-order valence-electron chi connectivity index (χ4n) is 1.66. The van der Waals surface area contributed by atoms with Crippen LogP contribution in [0.4, 0.5) is 0 Å². The minimum Gasteiger partial charge on any atom is -0.380 e. The van der Waals surface area contributed by atoms with E-state index in [1.807, 2.05) is 0 Å². The van der Waals surface area contributed by atoms with Crippen LogP contribution in [0.25, 0.3) is 0 Å². The van der Waals surface area contributed by atoms with Gasteiger partial charge in [-0.1, -0.05) is 0 Å². The summed E-state index contributed by atoms with van der Waals surface area (Å²) < 4.78 is 5.94. The first-order chi connectivity index (χ1) is 4.91. The van der Waals surface area contributed by atoms with Crippen LogP contribution < -0.4 is 0 Å². The highest BCUT2D eigenvalue weighted by Gasteiger charge is 2.36. The van der Waals surface area contributed by atoms with Crippen LogP contribution in [0.2, 0.25) is 0 Å². The van der Waals surface area contributed by atoms with Gasteiger partial charge in [0, 0.05) is 11.4 Å². The summed E-state index contributed by atoms with van der Waals surface area (Å²) in [4.78, 5) is 0. The summed E-state index contributed by atoms with van der Waals surface area (Å²) >= 11 is 2.09. The maximum absolute atomic E-state index is 5.40. The molecule has 0 amide bonds. The number of hydrogen-bond acceptors (Lipinski definition) is 2. The van der Waals surface area contributed by atoms with Crippen molar-refractivity contribution in [2.75, 3.05) is 19.0 Å². The van der Waals surface area contributed by atoms with Gasteiger partial charge in [0.1, 0.15) is 0 Å². The monoisotopic (exact) mass is 157 g/mol. The van der Waals surface area contributed by atoms with Crippen molar-refractivity contribution in [3.05, 3.63) is 6.42 Å². The minimum absolute atomic E-state index is 0.536. The first-order valence-electron chi connectivity index (χ1n) is 3.95. The number of rotatable bonds is 0. The zero-order chi connectivity index (χ0) is 6.86. The van der Waals surface area contributed by atoms with Crippen molar-refractivity contribution in [3.63, 3.8) is 0 Å². The summed E-state index contributed by atoms with van der Waals surface area (Å²) in [6, 6.07) is 0. The van der Waals surface area contributed by atoms with Crippen LogP contribution in [-0.4, -0.2) is 23.7 Å². The predicted octanol–water partition coefficient (Wildman–Crippen LogP) is 1.88. The van der Waals surface area contributed by atoms with Gasteiger partial charge in [0.15, 0.2) is 0 Å². The summed E-state index contributed by atoms with van der Waals surface area (Å²) in [5.41, 5.74) is 0. The van der Waals surface area contributed by atoms with E-state index in [4.69, 9.17) is 4.74 Å². The van der Waals surface area contributed by atoms with Gasteiger partial charge in [0.2, 0.25) is 0 Å². The molecule has 1 spiro atoms. The fraction of sp³-hybridized carbons (Fsp3) is 0.875. The van der Waals surface area contributed by atoms with Crippen LogP contribution in [-0.2, 0) is 4.74 Å². The Kier molecular flexibility index (Phi) is 1.92. The summed E-state index contributed by atoms with van der Waals surface area (Å²) in [7, 11) is 0. The molecule has 1 nitrogen and oxygen atoms in total. The predicted molar refractivity (Wildman–Crippen MR) is 44.2 cm³/mol. The van der Waals surface area contributed by atoms with Gasteiger partial charge in [-0.15, -0.1) is 0 Å². The Bertz CT molecular complexity index is 110. The highest BCUT2D eigenvalue weighted by atomic mass is 32.2. The molecule has 2 aliphatic heterocycles. The molecule has 2 fully saturated rings. The Balaban J connectivity index is 1.98. The average Bonchev–Trinajstić information content (AvgIpc) is 2.39. The van der Waals surface area contributed by atoms with Crippen molar-refractivity contribution < 1.29 is 4.74 Å². The van der Waals surface area contributed by atoms with Gasteiger partial charge >= 0.3 is 0 Å². The van der Waals surface area contributed by atoms with E-state index in [-0.39, 0.29) is 0 Å². The third-order valence-electron chi connectivity index (χ3n) is 2.38. The maximum atomic E-state index is 5.40. The highest BCUT2D eigenvalue weighted by molar-refractivity contribution is 8.00. The minimum atomic E-state index is 0.536. The van der Waals surface area contributed by atoms with Gasteiger partial charge in [-0.05, 0) is 31.4 Å². The molecule has 0 aromatic heterocycles. The lowest BCUT2D eigenvalue weighted by molar-refractivity contribution is 0.189. The first kappa shape index (κ1) is 6.99. The summed E-state index contributed by atoms with van der Waals surface area (Å²) in [6.07, 6.45) is 6.31. The van der Waals surface area contributed by atoms with E-state index in [0.29, 0.717) is 4.75 Å². The van der Waals surface area contributed by atoms with Crippen molar-refractivity contribution in [2.45, 2.75) is 24.0 Å². The van der Waals surface area contributed by atoms with Gasteiger partial charge < -0.3 is 4.74 Å². The summed E-state index contributed by atoms with van der Waals surface area (Å²) in [6.45, 7) is 2.00. The van der Waals surface area contributed by atoms with Crippen LogP contribution in [0.1, 0.15) is 19.3 Å². The molecule has 2 heteroatoms. The quantitative estimate of drug-likeness (QED) is 0.531. The van der Waals surface area contributed by atoms with Crippen LogP contribution in [0.15, 0.2) is 0 Å². The average molecular weight is 157 g/mol. The molecule has 10 heavy (non-hydrogen) atoms. The Hall–Kier alpha value is 0.310. The second-order valence-electron chi connectivity index (χ2n) is 3.12. The van der Waals surface area contributed by atoms with Crippen molar-refractivity contribution in [1.29, 1.82) is 0 Å². The molecule has 0 aliphatic carbocycles. The van der Waals surface area contributed by atoms with Gasteiger partial charge in [-0.25, -0.2) is 0 Å². The molecule has 1 atom stereocenters. The lowest BCUT2D eigenvalue weighted by Gasteiger charge is -2.30. The molecule has 57 valence electrons. The molecule has 0 aromatic rings. The SMILES string of the molecule is [CH]1CCC2(CCOC2)SC1. The molecule has 1 radical (unpaired) electrons. The van der Waals surface area contributed by atoms with Crippen LogP contribution >= 0.6 is 11.8 Å². The lowest BCUT2D eigenvalue weighted by Crippen LogP contribution is -2.28. The zero-order valence-corrected chi connectivity index (χ0v) is 6.95. The molecule has 2 rings (SSSR count). The van der Waals surface area contributed by atoms with Crippen LogP contribution in [0.3, 0.4) is 0 Å². The Morgan fingerprint density at radius 1 is 1.40 bits per heavy atom. The normalized spacial score (nSPS) is 40.8. The smallest absolute Gasteiger partial charge is 0.0614 e. The maximum Gasteiger partial charge on any atom is 0.0614 e. The first-order valence-corrected chi connectivity index (χ1v) is 4.93. The molecule has 2 aliphatic rings. The standard InChI is InChI=1S/C8H13OS/c1-2-6-10-8(3-1)4-5-9-7-8/h2H,1,3-7H2. The van der Waals surface area contributed by atoms with E-state index in [9.17, 15) is 0 Å². The lowest BCUT2D eigenvalue weighted by atomic mass is 10.00. The number of hydrogen-bond donors (Lipinski definition) is 0. The van der Waals surface area contributed by atoms with E-state index in [2.05, 4.69) is 18.2 Å². The highest BCUT2D eigenvalue weighted by Crippen LogP contribution is 2.41. The van der Waals surface area contributed by atoms with E-state index < -0.39 is 0 Å². The van der Waals surface area contributed by atoms with Crippen molar-refractivity contribution in [3.8, 4) is 0 Å². The second kappa shape index (κ2) is 2.74. The molecule has 0 saturated carbocycles. The topological polar surface area (TPSA) is 9.23 Å². The molecular formula is C8H13OS. The third-order valence-corrected chi connectivity index (χ3v) is 3.92. The number of thioether (sulfide) groups is 1. The third kappa shape index (κ3) is 1.19. The van der Waals surface area contributed by atoms with Gasteiger partial charge in [-0.2, -0.15) is 11.8 Å². The van der Waals surface area contributed by atoms with Crippen molar-refractivity contribution >= 4 is 11.8 Å². The van der Waals surface area contributed by atoms with Gasteiger partial charge in [-0.3, -0.25) is 0 Å². The summed E-state index contributed by atoms with van der Waals surface area (Å²) in [5.74, 6) is 1.24. The van der Waals surface area contributed by atoms with Crippen molar-refractivity contribution in [1.82, 2.24) is 0 Å². The van der Waals surface area contributed by atoms with Crippen LogP contribution in [0.5, 0.6) is 0 Å². The van der Waals surface area contributed by atoms with Crippen molar-refractivity contribution in [2.24, 2.45) is 0 Å².